The third-order valence-corrected chi connectivity index (χ3v) is 3.28. The fourth-order valence-electron chi connectivity index (χ4n) is 2.05. The minimum Gasteiger partial charge on any atom is -0.364 e. The van der Waals surface area contributed by atoms with Crippen LogP contribution < -0.4 is 5.32 Å². The lowest BCUT2D eigenvalue weighted by Gasteiger charge is -2.14. The summed E-state index contributed by atoms with van der Waals surface area (Å²) >= 11 is 0. The molecule has 0 bridgehead atoms. The van der Waals surface area contributed by atoms with Crippen LogP contribution in [-0.2, 0) is 6.54 Å². The molecule has 1 unspecified atom stereocenters. The van der Waals surface area contributed by atoms with Crippen LogP contribution in [0.25, 0.3) is 5.69 Å². The normalized spacial score (nSPS) is 12.4. The molecule has 5 heteroatoms. The Morgan fingerprint density at radius 2 is 2.10 bits per heavy atom. The van der Waals surface area contributed by atoms with Crippen molar-refractivity contribution in [2.45, 2.75) is 19.5 Å². The Labute approximate surface area is 117 Å². The molecule has 0 radical (unpaired) electrons. The van der Waals surface area contributed by atoms with E-state index in [0.717, 1.165) is 11.4 Å². The van der Waals surface area contributed by atoms with Crippen molar-refractivity contribution in [3.8, 4) is 5.69 Å². The summed E-state index contributed by atoms with van der Waals surface area (Å²) in [6.07, 6.45) is 7.08. The Morgan fingerprint density at radius 3 is 2.75 bits per heavy atom. The first kappa shape index (κ1) is 12.6. The number of rotatable bonds is 5. The van der Waals surface area contributed by atoms with Crippen LogP contribution in [0.4, 0.5) is 0 Å². The van der Waals surface area contributed by atoms with Gasteiger partial charge < -0.3 is 14.4 Å². The Balaban J connectivity index is 1.65. The summed E-state index contributed by atoms with van der Waals surface area (Å²) in [6, 6.07) is 10.5. The highest BCUT2D eigenvalue weighted by Gasteiger charge is 2.06. The fourth-order valence-corrected chi connectivity index (χ4v) is 2.05. The van der Waals surface area contributed by atoms with Gasteiger partial charge in [-0.1, -0.05) is 17.3 Å². The van der Waals surface area contributed by atoms with Gasteiger partial charge in [-0.3, -0.25) is 0 Å². The minimum absolute atomic E-state index is 0.253. The number of imidazole rings is 1. The van der Waals surface area contributed by atoms with Crippen LogP contribution in [0.5, 0.6) is 0 Å². The molecule has 0 fully saturated rings. The third-order valence-electron chi connectivity index (χ3n) is 3.28. The number of hydrogen-bond donors (Lipinski definition) is 1. The second kappa shape index (κ2) is 5.71. The number of hydrogen-bond acceptors (Lipinski definition) is 4. The molecule has 5 nitrogen and oxygen atoms in total. The van der Waals surface area contributed by atoms with Crippen molar-refractivity contribution in [1.29, 1.82) is 0 Å². The standard InChI is InChI=1S/C15H16N4O/c1-12(17-10-14-6-9-20-18-14)13-2-4-15(5-3-13)19-8-7-16-11-19/h2-9,11-12,17H,10H2,1H3. The van der Waals surface area contributed by atoms with E-state index in [2.05, 4.69) is 46.6 Å². The van der Waals surface area contributed by atoms with Gasteiger partial charge in [-0.15, -0.1) is 0 Å². The van der Waals surface area contributed by atoms with Crippen LogP contribution in [-0.4, -0.2) is 14.7 Å². The number of benzene rings is 1. The van der Waals surface area contributed by atoms with Gasteiger partial charge in [0.1, 0.15) is 6.26 Å². The SMILES string of the molecule is CC(NCc1ccon1)c1ccc(-n2ccnc2)cc1. The van der Waals surface area contributed by atoms with Crippen molar-refractivity contribution in [2.75, 3.05) is 0 Å². The molecule has 1 atom stereocenters. The lowest BCUT2D eigenvalue weighted by atomic mass is 10.1. The van der Waals surface area contributed by atoms with Gasteiger partial charge in [0.2, 0.25) is 0 Å². The molecule has 0 aliphatic rings. The molecular weight excluding hydrogens is 252 g/mol. The van der Waals surface area contributed by atoms with Crippen molar-refractivity contribution in [3.05, 3.63) is 66.6 Å². The lowest BCUT2D eigenvalue weighted by molar-refractivity contribution is 0.406. The molecule has 20 heavy (non-hydrogen) atoms. The average molecular weight is 268 g/mol. The summed E-state index contributed by atoms with van der Waals surface area (Å²) in [4.78, 5) is 4.05. The molecular formula is C15H16N4O. The van der Waals surface area contributed by atoms with Gasteiger partial charge in [0, 0.05) is 36.7 Å². The molecule has 0 aliphatic heterocycles. The topological polar surface area (TPSA) is 55.9 Å². The highest BCUT2D eigenvalue weighted by molar-refractivity contribution is 5.35. The summed E-state index contributed by atoms with van der Waals surface area (Å²) in [5.74, 6) is 0. The van der Waals surface area contributed by atoms with Crippen LogP contribution in [0.2, 0.25) is 0 Å². The average Bonchev–Trinajstić information content (AvgIpc) is 3.18. The summed E-state index contributed by atoms with van der Waals surface area (Å²) in [5.41, 5.74) is 3.25. The van der Waals surface area contributed by atoms with Crippen LogP contribution in [0, 0.1) is 0 Å². The summed E-state index contributed by atoms with van der Waals surface area (Å²) in [6.45, 7) is 2.83. The highest BCUT2D eigenvalue weighted by Crippen LogP contribution is 2.16. The summed E-state index contributed by atoms with van der Waals surface area (Å²) in [7, 11) is 0. The maximum atomic E-state index is 4.81. The van der Waals surface area contributed by atoms with Crippen molar-refractivity contribution in [3.63, 3.8) is 0 Å². The van der Waals surface area contributed by atoms with Gasteiger partial charge in [0.05, 0.1) is 12.0 Å². The molecule has 2 heterocycles. The van der Waals surface area contributed by atoms with Gasteiger partial charge in [-0.25, -0.2) is 4.98 Å². The van der Waals surface area contributed by atoms with Gasteiger partial charge in [-0.2, -0.15) is 0 Å². The predicted molar refractivity (Wildman–Crippen MR) is 75.3 cm³/mol. The molecule has 0 saturated carbocycles. The Bertz CT molecular complexity index is 629. The monoisotopic (exact) mass is 268 g/mol. The summed E-state index contributed by atoms with van der Waals surface area (Å²) < 4.78 is 6.79. The molecule has 3 aromatic rings. The second-order valence-electron chi connectivity index (χ2n) is 4.65. The van der Waals surface area contributed by atoms with Crippen molar-refractivity contribution in [2.24, 2.45) is 0 Å². The fraction of sp³-hybridized carbons (Fsp3) is 0.200. The Morgan fingerprint density at radius 1 is 1.25 bits per heavy atom. The predicted octanol–water partition coefficient (Wildman–Crippen LogP) is 2.71. The van der Waals surface area contributed by atoms with Crippen LogP contribution in [0.1, 0.15) is 24.2 Å². The third kappa shape index (κ3) is 2.78. The molecule has 102 valence electrons. The van der Waals surface area contributed by atoms with E-state index in [1.807, 2.05) is 16.8 Å². The minimum atomic E-state index is 0.253. The zero-order valence-electron chi connectivity index (χ0n) is 11.2. The summed E-state index contributed by atoms with van der Waals surface area (Å²) in [5, 5.41) is 7.30. The molecule has 0 spiro atoms. The van der Waals surface area contributed by atoms with E-state index < -0.39 is 0 Å². The van der Waals surface area contributed by atoms with Crippen molar-refractivity contribution >= 4 is 0 Å². The largest absolute Gasteiger partial charge is 0.364 e. The number of aromatic nitrogens is 3. The number of nitrogens with zero attached hydrogens (tertiary/aromatic N) is 3. The molecule has 1 N–H and O–H groups in total. The van der Waals surface area contributed by atoms with Crippen LogP contribution >= 0.6 is 0 Å². The van der Waals surface area contributed by atoms with E-state index in [1.54, 1.807) is 18.8 Å². The van der Waals surface area contributed by atoms with E-state index in [-0.39, 0.29) is 6.04 Å². The zero-order valence-corrected chi connectivity index (χ0v) is 11.2. The zero-order chi connectivity index (χ0) is 13.8. The van der Waals surface area contributed by atoms with E-state index in [0.29, 0.717) is 6.54 Å². The van der Waals surface area contributed by atoms with E-state index >= 15 is 0 Å². The molecule has 0 aliphatic carbocycles. The molecule has 0 saturated heterocycles. The second-order valence-corrected chi connectivity index (χ2v) is 4.65. The first-order valence-electron chi connectivity index (χ1n) is 6.54. The first-order valence-corrected chi connectivity index (χ1v) is 6.54. The Hall–Kier alpha value is -2.40. The van der Waals surface area contributed by atoms with Gasteiger partial charge >= 0.3 is 0 Å². The molecule has 3 rings (SSSR count). The highest BCUT2D eigenvalue weighted by atomic mass is 16.5. The number of nitrogens with one attached hydrogen (secondary N) is 1. The molecule has 2 aromatic heterocycles. The van der Waals surface area contributed by atoms with Gasteiger partial charge in [-0.05, 0) is 24.6 Å². The van der Waals surface area contributed by atoms with Crippen molar-refractivity contribution in [1.82, 2.24) is 20.0 Å². The lowest BCUT2D eigenvalue weighted by Crippen LogP contribution is -2.18. The quantitative estimate of drug-likeness (QED) is 0.773. The van der Waals surface area contributed by atoms with Crippen LogP contribution in [0.15, 0.2) is 59.8 Å². The van der Waals surface area contributed by atoms with Crippen LogP contribution in [0.3, 0.4) is 0 Å². The first-order chi connectivity index (χ1) is 9.83. The van der Waals surface area contributed by atoms with Crippen molar-refractivity contribution < 1.29 is 4.52 Å². The maximum Gasteiger partial charge on any atom is 0.124 e. The molecule has 0 amide bonds. The maximum absolute atomic E-state index is 4.81. The Kier molecular flexibility index (Phi) is 3.60. The smallest absolute Gasteiger partial charge is 0.124 e. The van der Waals surface area contributed by atoms with Gasteiger partial charge in [0.25, 0.3) is 0 Å². The van der Waals surface area contributed by atoms with E-state index in [9.17, 15) is 0 Å². The van der Waals surface area contributed by atoms with Gasteiger partial charge in [0.15, 0.2) is 0 Å². The molecule has 1 aromatic carbocycles. The van der Waals surface area contributed by atoms with E-state index in [1.165, 1.54) is 5.56 Å². The van der Waals surface area contributed by atoms with E-state index in [4.69, 9.17) is 4.52 Å².